The van der Waals surface area contributed by atoms with Gasteiger partial charge in [-0.2, -0.15) is 11.8 Å². The van der Waals surface area contributed by atoms with Crippen LogP contribution in [0.4, 0.5) is 4.79 Å². The van der Waals surface area contributed by atoms with E-state index in [0.29, 0.717) is 5.75 Å². The van der Waals surface area contributed by atoms with E-state index >= 15 is 0 Å². The number of benzene rings is 2. The van der Waals surface area contributed by atoms with Crippen LogP contribution in [0.2, 0.25) is 0 Å². The van der Waals surface area contributed by atoms with Crippen LogP contribution >= 0.6 is 11.8 Å². The van der Waals surface area contributed by atoms with Crippen LogP contribution in [-0.4, -0.2) is 52.8 Å². The van der Waals surface area contributed by atoms with Crippen molar-refractivity contribution in [1.82, 2.24) is 4.90 Å². The van der Waals surface area contributed by atoms with Crippen molar-refractivity contribution in [2.45, 2.75) is 31.7 Å². The Kier molecular flexibility index (Phi) is 5.30. The Hall–Kier alpha value is -2.47. The Morgan fingerprint density at radius 2 is 1.67 bits per heavy atom. The lowest BCUT2D eigenvalue weighted by molar-refractivity contribution is -0.156. The number of carbonyl (C=O) groups excluding carboxylic acids is 1. The molecule has 1 aliphatic heterocycles. The molecule has 5 nitrogen and oxygen atoms in total. The van der Waals surface area contributed by atoms with E-state index in [1.165, 1.54) is 4.90 Å². The van der Waals surface area contributed by atoms with Gasteiger partial charge in [0.1, 0.15) is 6.61 Å². The summed E-state index contributed by atoms with van der Waals surface area (Å²) in [5, 5.41) is 10.1. The summed E-state index contributed by atoms with van der Waals surface area (Å²) in [6, 6.07) is 16.3. The van der Waals surface area contributed by atoms with E-state index in [1.54, 1.807) is 18.8 Å². The highest BCUT2D eigenvalue weighted by molar-refractivity contribution is 7.99. The second-order valence-corrected chi connectivity index (χ2v) is 9.82. The van der Waals surface area contributed by atoms with Crippen LogP contribution in [0.25, 0.3) is 11.1 Å². The zero-order valence-electron chi connectivity index (χ0n) is 17.6. The third-order valence-corrected chi connectivity index (χ3v) is 7.95. The Balaban J connectivity index is 1.57. The molecule has 1 heterocycles. The van der Waals surface area contributed by atoms with E-state index in [4.69, 9.17) is 4.74 Å². The molecule has 1 fully saturated rings. The molecule has 0 aromatic heterocycles. The van der Waals surface area contributed by atoms with Crippen molar-refractivity contribution in [3.05, 3.63) is 59.7 Å². The van der Waals surface area contributed by atoms with Crippen molar-refractivity contribution in [1.29, 1.82) is 0 Å². The monoisotopic (exact) mass is 425 g/mol. The molecular formula is C24H27NO4S. The molecule has 2 aromatic carbocycles. The molecular weight excluding hydrogens is 398 g/mol. The fourth-order valence-corrected chi connectivity index (χ4v) is 6.64. The molecule has 2 aromatic rings. The summed E-state index contributed by atoms with van der Waals surface area (Å²) in [5.41, 5.74) is 2.75. The van der Waals surface area contributed by atoms with Crippen LogP contribution in [0.3, 0.4) is 0 Å². The number of nitrogens with zero attached hydrogens (tertiary/aromatic N) is 1. The molecule has 0 bridgehead atoms. The minimum Gasteiger partial charge on any atom is -0.479 e. The van der Waals surface area contributed by atoms with Gasteiger partial charge in [0, 0.05) is 24.1 Å². The Morgan fingerprint density at radius 3 is 2.20 bits per heavy atom. The van der Waals surface area contributed by atoms with E-state index in [2.05, 4.69) is 24.3 Å². The number of amides is 1. The number of ether oxygens (including phenoxy) is 1. The number of carboxylic acid groups (broad SMARTS) is 1. The number of hydrogen-bond donors (Lipinski definition) is 1. The van der Waals surface area contributed by atoms with Crippen molar-refractivity contribution in [2.24, 2.45) is 5.41 Å². The molecule has 4 rings (SSSR count). The summed E-state index contributed by atoms with van der Waals surface area (Å²) >= 11 is 1.57. The summed E-state index contributed by atoms with van der Waals surface area (Å²) in [5.74, 6) is 0.219. The van der Waals surface area contributed by atoms with E-state index in [-0.39, 0.29) is 12.5 Å². The van der Waals surface area contributed by atoms with Crippen molar-refractivity contribution < 1.29 is 19.4 Å². The zero-order chi connectivity index (χ0) is 21.5. The maximum Gasteiger partial charge on any atom is 0.410 e. The Morgan fingerprint density at radius 1 is 1.10 bits per heavy atom. The van der Waals surface area contributed by atoms with Crippen molar-refractivity contribution in [3.8, 4) is 11.1 Å². The van der Waals surface area contributed by atoms with Crippen LogP contribution < -0.4 is 0 Å². The number of likely N-dealkylation sites (N-methyl/N-ethyl adjacent to an activating group) is 1. The van der Waals surface area contributed by atoms with Gasteiger partial charge in [0.05, 0.1) is 0 Å². The summed E-state index contributed by atoms with van der Waals surface area (Å²) in [6.45, 7) is 4.03. The summed E-state index contributed by atoms with van der Waals surface area (Å²) in [4.78, 5) is 26.7. The molecule has 158 valence electrons. The van der Waals surface area contributed by atoms with Crippen LogP contribution in [0.15, 0.2) is 48.5 Å². The van der Waals surface area contributed by atoms with Crippen molar-refractivity contribution in [3.63, 3.8) is 0 Å². The first-order valence-corrected chi connectivity index (χ1v) is 11.3. The van der Waals surface area contributed by atoms with Crippen LogP contribution in [0.5, 0.6) is 0 Å². The maximum atomic E-state index is 13.1. The topological polar surface area (TPSA) is 66.8 Å². The summed E-state index contributed by atoms with van der Waals surface area (Å²) in [7, 11) is 1.56. The zero-order valence-corrected chi connectivity index (χ0v) is 18.4. The highest BCUT2D eigenvalue weighted by Gasteiger charge is 2.57. The van der Waals surface area contributed by atoms with Gasteiger partial charge in [-0.15, -0.1) is 0 Å². The molecule has 0 saturated carbocycles. The number of rotatable bonds is 4. The molecule has 1 saturated heterocycles. The number of fused-ring (bicyclic) bond motifs is 3. The lowest BCUT2D eigenvalue weighted by Gasteiger charge is -2.50. The van der Waals surface area contributed by atoms with Gasteiger partial charge in [-0.05, 0) is 34.4 Å². The van der Waals surface area contributed by atoms with E-state index in [9.17, 15) is 14.7 Å². The van der Waals surface area contributed by atoms with Gasteiger partial charge in [0.15, 0.2) is 5.54 Å². The smallest absolute Gasteiger partial charge is 0.410 e. The fourth-order valence-electron chi connectivity index (χ4n) is 4.84. The van der Waals surface area contributed by atoms with E-state index in [1.807, 2.05) is 38.1 Å². The van der Waals surface area contributed by atoms with Crippen LogP contribution in [-0.2, 0) is 9.53 Å². The number of thioether (sulfide) groups is 1. The largest absolute Gasteiger partial charge is 0.479 e. The third-order valence-electron chi connectivity index (χ3n) is 6.84. The second kappa shape index (κ2) is 7.65. The molecule has 0 spiro atoms. The van der Waals surface area contributed by atoms with E-state index < -0.39 is 23.0 Å². The lowest BCUT2D eigenvalue weighted by Crippen LogP contribution is -2.66. The number of carboxylic acids is 1. The normalized spacial score (nSPS) is 22.1. The Bertz CT molecular complexity index is 943. The maximum absolute atomic E-state index is 13.1. The molecule has 1 unspecified atom stereocenters. The second-order valence-electron chi connectivity index (χ2n) is 8.71. The SMILES string of the molecule is CN(C(=O)OCC1c2ccccc2-c2ccccc21)C1(C(=O)O)CSCCC1(C)C. The highest BCUT2D eigenvalue weighted by Crippen LogP contribution is 2.47. The van der Waals surface area contributed by atoms with E-state index in [0.717, 1.165) is 34.4 Å². The van der Waals surface area contributed by atoms with Crippen molar-refractivity contribution in [2.75, 3.05) is 25.2 Å². The predicted octanol–water partition coefficient (Wildman–Crippen LogP) is 4.85. The highest BCUT2D eigenvalue weighted by atomic mass is 32.2. The summed E-state index contributed by atoms with van der Waals surface area (Å²) < 4.78 is 5.74. The third kappa shape index (κ3) is 3.09. The van der Waals surface area contributed by atoms with Crippen LogP contribution in [0.1, 0.15) is 37.3 Å². The predicted molar refractivity (Wildman–Crippen MR) is 119 cm³/mol. The number of aliphatic carboxylic acids is 1. The number of hydrogen-bond acceptors (Lipinski definition) is 4. The average Bonchev–Trinajstić information content (AvgIpc) is 3.05. The molecule has 0 radical (unpaired) electrons. The first-order chi connectivity index (χ1) is 14.3. The lowest BCUT2D eigenvalue weighted by atomic mass is 9.70. The Labute approximate surface area is 181 Å². The molecule has 30 heavy (non-hydrogen) atoms. The van der Waals surface area contributed by atoms with Gasteiger partial charge in [-0.25, -0.2) is 9.59 Å². The van der Waals surface area contributed by atoms with Gasteiger partial charge in [-0.1, -0.05) is 62.4 Å². The average molecular weight is 426 g/mol. The van der Waals surface area contributed by atoms with Gasteiger partial charge in [0.2, 0.25) is 0 Å². The van der Waals surface area contributed by atoms with Gasteiger partial charge in [0.25, 0.3) is 0 Å². The molecule has 1 N–H and O–H groups in total. The minimum absolute atomic E-state index is 0.0516. The van der Waals surface area contributed by atoms with Gasteiger partial charge >= 0.3 is 12.1 Å². The van der Waals surface area contributed by atoms with Crippen LogP contribution in [0, 0.1) is 5.41 Å². The van der Waals surface area contributed by atoms with Gasteiger partial charge in [-0.3, -0.25) is 4.90 Å². The molecule has 6 heteroatoms. The molecule has 1 atom stereocenters. The quantitative estimate of drug-likeness (QED) is 0.758. The molecule has 1 amide bonds. The van der Waals surface area contributed by atoms with Crippen molar-refractivity contribution >= 4 is 23.8 Å². The first kappa shape index (κ1) is 20.8. The first-order valence-electron chi connectivity index (χ1n) is 10.2. The molecule has 2 aliphatic rings. The minimum atomic E-state index is -1.29. The van der Waals surface area contributed by atoms with Gasteiger partial charge < -0.3 is 9.84 Å². The number of carbonyl (C=O) groups is 2. The molecule has 1 aliphatic carbocycles. The summed E-state index contributed by atoms with van der Waals surface area (Å²) in [6.07, 6.45) is 0.139. The standard InChI is InChI=1S/C24H27NO4S/c1-23(2)12-13-30-15-24(23,21(26)27)25(3)22(28)29-14-20-18-10-6-4-8-16(18)17-9-5-7-11-19(17)20/h4-11,20H,12-15H2,1-3H3,(H,26,27). The fraction of sp³-hybridized carbons (Fsp3) is 0.417.